The molecule has 90 valence electrons. The van der Waals surface area contributed by atoms with Crippen LogP contribution in [0.2, 0.25) is 0 Å². The van der Waals surface area contributed by atoms with Crippen molar-refractivity contribution in [2.45, 2.75) is 5.75 Å². The van der Waals surface area contributed by atoms with Gasteiger partial charge in [0.15, 0.2) is 5.78 Å². The summed E-state index contributed by atoms with van der Waals surface area (Å²) in [6, 6.07) is 5.61. The van der Waals surface area contributed by atoms with Crippen molar-refractivity contribution in [2.75, 3.05) is 5.75 Å². The van der Waals surface area contributed by atoms with Crippen molar-refractivity contribution < 1.29 is 9.21 Å². The minimum absolute atomic E-state index is 0.135. The first-order valence-electron chi connectivity index (χ1n) is 4.75. The molecule has 2 rings (SSSR count). The molecule has 0 N–H and O–H groups in total. The highest BCUT2D eigenvalue weighted by molar-refractivity contribution is 9.12. The molecule has 0 aliphatic carbocycles. The number of halogens is 2. The Balaban J connectivity index is 1.87. The average Bonchev–Trinajstić information content (AvgIpc) is 2.88. The second-order valence-electron chi connectivity index (χ2n) is 3.23. The molecule has 2 heterocycles. The number of hydrogen-bond acceptors (Lipinski definition) is 4. The lowest BCUT2D eigenvalue weighted by Gasteiger charge is -1.98. The Bertz CT molecular complexity index is 506. The lowest BCUT2D eigenvalue weighted by molar-refractivity contribution is 0.102. The summed E-state index contributed by atoms with van der Waals surface area (Å²) < 4.78 is 7.05. The van der Waals surface area contributed by atoms with Crippen LogP contribution in [-0.4, -0.2) is 11.5 Å². The van der Waals surface area contributed by atoms with Gasteiger partial charge in [-0.1, -0.05) is 0 Å². The first-order valence-corrected chi connectivity index (χ1v) is 8.30. The molecule has 0 aliphatic rings. The van der Waals surface area contributed by atoms with E-state index in [1.165, 1.54) is 11.3 Å². The fourth-order valence-electron chi connectivity index (χ4n) is 1.25. The van der Waals surface area contributed by atoms with E-state index in [9.17, 15) is 4.79 Å². The summed E-state index contributed by atoms with van der Waals surface area (Å²) in [4.78, 5) is 11.9. The molecule has 0 unspecified atom stereocenters. The van der Waals surface area contributed by atoms with Crippen LogP contribution in [0.4, 0.5) is 0 Å². The molecule has 0 radical (unpaired) electrons. The van der Waals surface area contributed by atoms with Gasteiger partial charge in [0.2, 0.25) is 0 Å². The van der Waals surface area contributed by atoms with Gasteiger partial charge in [-0.25, -0.2) is 0 Å². The molecular weight excluding hydrogens is 388 g/mol. The molecule has 0 spiro atoms. The molecule has 0 bridgehead atoms. The zero-order valence-electron chi connectivity index (χ0n) is 8.61. The van der Waals surface area contributed by atoms with Gasteiger partial charge < -0.3 is 4.42 Å². The third-order valence-corrected chi connectivity index (χ3v) is 5.31. The van der Waals surface area contributed by atoms with E-state index in [2.05, 4.69) is 31.9 Å². The van der Waals surface area contributed by atoms with Crippen LogP contribution < -0.4 is 0 Å². The van der Waals surface area contributed by atoms with Gasteiger partial charge >= 0.3 is 0 Å². The molecule has 0 aliphatic heterocycles. The summed E-state index contributed by atoms with van der Waals surface area (Å²) in [5, 5.41) is 0. The molecule has 2 aromatic rings. The quantitative estimate of drug-likeness (QED) is 0.668. The van der Waals surface area contributed by atoms with Crippen LogP contribution >= 0.6 is 55.0 Å². The van der Waals surface area contributed by atoms with E-state index >= 15 is 0 Å². The lowest BCUT2D eigenvalue weighted by atomic mass is 10.2. The zero-order chi connectivity index (χ0) is 12.3. The smallest absolute Gasteiger partial charge is 0.174 e. The molecule has 2 aromatic heterocycles. The number of hydrogen-bond donors (Lipinski definition) is 0. The Labute approximate surface area is 124 Å². The maximum Gasteiger partial charge on any atom is 0.174 e. The Hall–Kier alpha value is -0.0400. The van der Waals surface area contributed by atoms with E-state index in [1.54, 1.807) is 18.0 Å². The maximum atomic E-state index is 11.9. The Kier molecular flexibility index (Phi) is 4.90. The van der Waals surface area contributed by atoms with Gasteiger partial charge in [-0.15, -0.1) is 23.1 Å². The van der Waals surface area contributed by atoms with Crippen LogP contribution in [0.5, 0.6) is 0 Å². The number of rotatable bonds is 5. The van der Waals surface area contributed by atoms with E-state index < -0.39 is 0 Å². The van der Waals surface area contributed by atoms with Crippen molar-refractivity contribution in [1.82, 2.24) is 0 Å². The van der Waals surface area contributed by atoms with Crippen LogP contribution in [0.15, 0.2) is 36.5 Å². The molecule has 0 saturated heterocycles. The zero-order valence-corrected chi connectivity index (χ0v) is 13.4. The Morgan fingerprint density at radius 2 is 2.29 bits per heavy atom. The SMILES string of the molecule is O=C(CSCc1ccco1)c1cc(Br)sc1Br. The first kappa shape index (κ1) is 13.4. The van der Waals surface area contributed by atoms with Gasteiger partial charge in [0, 0.05) is 5.56 Å². The molecule has 0 aromatic carbocycles. The van der Waals surface area contributed by atoms with Crippen molar-refractivity contribution in [1.29, 1.82) is 0 Å². The van der Waals surface area contributed by atoms with E-state index in [0.717, 1.165) is 24.6 Å². The lowest BCUT2D eigenvalue weighted by Crippen LogP contribution is -2.01. The number of thiophene rings is 1. The number of carbonyl (C=O) groups excluding carboxylic acids is 1. The second-order valence-corrected chi connectivity index (χ2v) is 7.97. The normalized spacial score (nSPS) is 10.7. The van der Waals surface area contributed by atoms with E-state index in [0.29, 0.717) is 5.75 Å². The first-order chi connectivity index (χ1) is 8.16. The third-order valence-electron chi connectivity index (χ3n) is 2.01. The van der Waals surface area contributed by atoms with Crippen LogP contribution in [-0.2, 0) is 5.75 Å². The van der Waals surface area contributed by atoms with Crippen LogP contribution in [0, 0.1) is 0 Å². The van der Waals surface area contributed by atoms with Crippen LogP contribution in [0.1, 0.15) is 16.1 Å². The molecule has 2 nitrogen and oxygen atoms in total. The summed E-state index contributed by atoms with van der Waals surface area (Å²) in [6.45, 7) is 0. The molecule has 0 saturated carbocycles. The van der Waals surface area contributed by atoms with E-state index in [1.807, 2.05) is 18.2 Å². The summed E-state index contributed by atoms with van der Waals surface area (Å²) in [5.74, 6) is 2.22. The summed E-state index contributed by atoms with van der Waals surface area (Å²) in [7, 11) is 0. The van der Waals surface area contributed by atoms with Gasteiger partial charge in [0.25, 0.3) is 0 Å². The second kappa shape index (κ2) is 6.22. The van der Waals surface area contributed by atoms with Crippen molar-refractivity contribution in [3.63, 3.8) is 0 Å². The highest BCUT2D eigenvalue weighted by atomic mass is 79.9. The largest absolute Gasteiger partial charge is 0.468 e. The molecule has 17 heavy (non-hydrogen) atoms. The number of Topliss-reactive ketones (excluding diaryl/α,β-unsaturated/α-hetero) is 1. The predicted molar refractivity (Wildman–Crippen MR) is 78.9 cm³/mol. The molecular formula is C11H8Br2O2S2. The third kappa shape index (κ3) is 3.71. The number of furan rings is 1. The molecule has 6 heteroatoms. The number of thioether (sulfide) groups is 1. The topological polar surface area (TPSA) is 30.2 Å². The van der Waals surface area contributed by atoms with Gasteiger partial charge in [-0.3, -0.25) is 4.79 Å². The van der Waals surface area contributed by atoms with Crippen LogP contribution in [0.25, 0.3) is 0 Å². The van der Waals surface area contributed by atoms with Gasteiger partial charge in [0.1, 0.15) is 5.76 Å². The predicted octanol–water partition coefficient (Wildman–Crippen LogP) is 4.98. The number of carbonyl (C=O) groups is 1. The van der Waals surface area contributed by atoms with Gasteiger partial charge in [0.05, 0.1) is 25.3 Å². The standard InChI is InChI=1S/C11H8Br2O2S2/c12-10-4-8(11(13)17-10)9(14)6-16-5-7-2-1-3-15-7/h1-4H,5-6H2. The minimum Gasteiger partial charge on any atom is -0.468 e. The van der Waals surface area contributed by atoms with Gasteiger partial charge in [-0.05, 0) is 50.1 Å². The highest BCUT2D eigenvalue weighted by Crippen LogP contribution is 2.32. The van der Waals surface area contributed by atoms with Crippen molar-refractivity contribution >= 4 is 60.7 Å². The number of ketones is 1. The van der Waals surface area contributed by atoms with Crippen molar-refractivity contribution in [3.8, 4) is 0 Å². The average molecular weight is 396 g/mol. The minimum atomic E-state index is 0.135. The van der Waals surface area contributed by atoms with Crippen molar-refractivity contribution in [2.24, 2.45) is 0 Å². The fourth-order valence-corrected chi connectivity index (χ4v) is 4.91. The summed E-state index contributed by atoms with van der Waals surface area (Å²) >= 11 is 9.82. The molecule has 0 amide bonds. The maximum absolute atomic E-state index is 11.9. The Morgan fingerprint density at radius 1 is 1.47 bits per heavy atom. The molecule has 0 atom stereocenters. The Morgan fingerprint density at radius 3 is 2.88 bits per heavy atom. The van der Waals surface area contributed by atoms with Crippen LogP contribution in [0.3, 0.4) is 0 Å². The van der Waals surface area contributed by atoms with Gasteiger partial charge in [-0.2, -0.15) is 0 Å². The highest BCUT2D eigenvalue weighted by Gasteiger charge is 2.13. The van der Waals surface area contributed by atoms with Crippen molar-refractivity contribution in [3.05, 3.63) is 43.4 Å². The van der Waals surface area contributed by atoms with E-state index in [-0.39, 0.29) is 5.78 Å². The molecule has 0 fully saturated rings. The monoisotopic (exact) mass is 394 g/mol. The summed E-state index contributed by atoms with van der Waals surface area (Å²) in [5.41, 5.74) is 0.744. The fraction of sp³-hybridized carbons (Fsp3) is 0.182. The van der Waals surface area contributed by atoms with E-state index in [4.69, 9.17) is 4.42 Å². The summed E-state index contributed by atoms with van der Waals surface area (Å²) in [6.07, 6.45) is 1.64.